The quantitative estimate of drug-likeness (QED) is 0.878. The van der Waals surface area contributed by atoms with Crippen molar-refractivity contribution in [3.05, 3.63) is 34.3 Å². The summed E-state index contributed by atoms with van der Waals surface area (Å²) in [7, 11) is 0. The van der Waals surface area contributed by atoms with Crippen LogP contribution >= 0.6 is 15.9 Å². The van der Waals surface area contributed by atoms with Crippen LogP contribution in [0, 0.1) is 0 Å². The van der Waals surface area contributed by atoms with E-state index in [-0.39, 0.29) is 5.54 Å². The molecule has 15 heavy (non-hydrogen) atoms. The number of hydrogen-bond acceptors (Lipinski definition) is 1. The topological polar surface area (TPSA) is 12.0 Å². The van der Waals surface area contributed by atoms with Gasteiger partial charge in [-0.2, -0.15) is 0 Å². The van der Waals surface area contributed by atoms with Crippen LogP contribution in [0.2, 0.25) is 0 Å². The SMILES string of the molecule is CC(C)(NC1CCC1)c1ccc(Br)cc1. The summed E-state index contributed by atoms with van der Waals surface area (Å²) in [6.45, 7) is 4.52. The lowest BCUT2D eigenvalue weighted by molar-refractivity contribution is 0.254. The molecule has 1 aliphatic carbocycles. The van der Waals surface area contributed by atoms with Gasteiger partial charge in [0.15, 0.2) is 0 Å². The van der Waals surface area contributed by atoms with Crippen LogP contribution in [-0.4, -0.2) is 6.04 Å². The number of hydrogen-bond donors (Lipinski definition) is 1. The minimum absolute atomic E-state index is 0.0891. The van der Waals surface area contributed by atoms with Crippen LogP contribution < -0.4 is 5.32 Å². The van der Waals surface area contributed by atoms with Crippen molar-refractivity contribution >= 4 is 15.9 Å². The first-order chi connectivity index (χ1) is 7.08. The molecule has 2 rings (SSSR count). The molecule has 0 bridgehead atoms. The highest BCUT2D eigenvalue weighted by Crippen LogP contribution is 2.27. The Balaban J connectivity index is 2.09. The molecule has 1 saturated carbocycles. The molecule has 0 unspecified atom stereocenters. The zero-order valence-corrected chi connectivity index (χ0v) is 11.0. The number of benzene rings is 1. The van der Waals surface area contributed by atoms with Crippen LogP contribution in [0.5, 0.6) is 0 Å². The van der Waals surface area contributed by atoms with Gasteiger partial charge in [-0.25, -0.2) is 0 Å². The number of rotatable bonds is 3. The Kier molecular flexibility index (Phi) is 3.17. The van der Waals surface area contributed by atoms with E-state index in [4.69, 9.17) is 0 Å². The van der Waals surface area contributed by atoms with Crippen LogP contribution in [0.4, 0.5) is 0 Å². The Hall–Kier alpha value is -0.340. The largest absolute Gasteiger partial charge is 0.305 e. The van der Waals surface area contributed by atoms with Crippen LogP contribution in [0.3, 0.4) is 0 Å². The van der Waals surface area contributed by atoms with Crippen molar-refractivity contribution < 1.29 is 0 Å². The van der Waals surface area contributed by atoms with Crippen molar-refractivity contribution in [3.8, 4) is 0 Å². The molecule has 0 spiro atoms. The minimum atomic E-state index is 0.0891. The summed E-state index contributed by atoms with van der Waals surface area (Å²) in [4.78, 5) is 0. The normalized spacial score (nSPS) is 17.5. The minimum Gasteiger partial charge on any atom is -0.305 e. The summed E-state index contributed by atoms with van der Waals surface area (Å²) in [5.74, 6) is 0. The second-order valence-electron chi connectivity index (χ2n) is 4.90. The fourth-order valence-corrected chi connectivity index (χ4v) is 2.28. The molecule has 1 nitrogen and oxygen atoms in total. The molecule has 0 atom stereocenters. The molecule has 0 amide bonds. The van der Waals surface area contributed by atoms with Gasteiger partial charge in [-0.05, 0) is 44.4 Å². The van der Waals surface area contributed by atoms with Gasteiger partial charge < -0.3 is 5.32 Å². The average Bonchev–Trinajstić information content (AvgIpc) is 2.13. The van der Waals surface area contributed by atoms with Gasteiger partial charge in [0.25, 0.3) is 0 Å². The molecule has 1 aliphatic rings. The molecule has 0 radical (unpaired) electrons. The van der Waals surface area contributed by atoms with E-state index in [2.05, 4.69) is 59.4 Å². The average molecular weight is 268 g/mol. The second-order valence-corrected chi connectivity index (χ2v) is 5.82. The van der Waals surface area contributed by atoms with Gasteiger partial charge in [0.2, 0.25) is 0 Å². The summed E-state index contributed by atoms with van der Waals surface area (Å²) in [6.07, 6.45) is 4.05. The highest BCUT2D eigenvalue weighted by atomic mass is 79.9. The molecule has 82 valence electrons. The molecular weight excluding hydrogens is 250 g/mol. The zero-order valence-electron chi connectivity index (χ0n) is 9.39. The fourth-order valence-electron chi connectivity index (χ4n) is 2.01. The maximum Gasteiger partial charge on any atom is 0.0379 e. The van der Waals surface area contributed by atoms with E-state index in [9.17, 15) is 0 Å². The summed E-state index contributed by atoms with van der Waals surface area (Å²) in [5.41, 5.74) is 1.45. The summed E-state index contributed by atoms with van der Waals surface area (Å²) in [6, 6.07) is 9.33. The third-order valence-electron chi connectivity index (χ3n) is 3.24. The molecular formula is C13H18BrN. The van der Waals surface area contributed by atoms with Gasteiger partial charge in [0.05, 0.1) is 0 Å². The van der Waals surface area contributed by atoms with E-state index in [1.54, 1.807) is 0 Å². The molecule has 0 heterocycles. The van der Waals surface area contributed by atoms with Crippen molar-refractivity contribution in [2.45, 2.75) is 44.7 Å². The zero-order chi connectivity index (χ0) is 10.9. The molecule has 2 heteroatoms. The highest BCUT2D eigenvalue weighted by molar-refractivity contribution is 9.10. The Morgan fingerprint density at radius 2 is 1.80 bits per heavy atom. The Morgan fingerprint density at radius 1 is 1.20 bits per heavy atom. The van der Waals surface area contributed by atoms with E-state index >= 15 is 0 Å². The maximum atomic E-state index is 3.71. The predicted octanol–water partition coefficient (Wildman–Crippen LogP) is 3.83. The first kappa shape index (κ1) is 11.2. The van der Waals surface area contributed by atoms with Gasteiger partial charge >= 0.3 is 0 Å². The highest BCUT2D eigenvalue weighted by Gasteiger charge is 2.27. The first-order valence-corrected chi connectivity index (χ1v) is 6.41. The first-order valence-electron chi connectivity index (χ1n) is 5.62. The standard InChI is InChI=1S/C13H18BrN/c1-13(2,15-12-4-3-5-12)10-6-8-11(14)9-7-10/h6-9,12,15H,3-5H2,1-2H3. The summed E-state index contributed by atoms with van der Waals surface area (Å²) in [5, 5.41) is 3.71. The third kappa shape index (κ3) is 2.61. The lowest BCUT2D eigenvalue weighted by atomic mass is 9.87. The van der Waals surface area contributed by atoms with Gasteiger partial charge in [-0.3, -0.25) is 0 Å². The molecule has 1 aromatic carbocycles. The molecule has 1 aromatic rings. The molecule has 1 fully saturated rings. The number of nitrogens with one attached hydrogen (secondary N) is 1. The van der Waals surface area contributed by atoms with Gasteiger partial charge in [-0.15, -0.1) is 0 Å². The molecule has 0 saturated heterocycles. The van der Waals surface area contributed by atoms with Crippen LogP contribution in [0.25, 0.3) is 0 Å². The smallest absolute Gasteiger partial charge is 0.0379 e. The summed E-state index contributed by atoms with van der Waals surface area (Å²) < 4.78 is 1.14. The Morgan fingerprint density at radius 3 is 2.27 bits per heavy atom. The van der Waals surface area contributed by atoms with Gasteiger partial charge in [-0.1, -0.05) is 34.5 Å². The lowest BCUT2D eigenvalue weighted by Crippen LogP contribution is -2.46. The van der Waals surface area contributed by atoms with Gasteiger partial charge in [0.1, 0.15) is 0 Å². The van der Waals surface area contributed by atoms with E-state index in [1.807, 2.05) is 0 Å². The Labute approximate surface area is 100 Å². The van der Waals surface area contributed by atoms with E-state index < -0.39 is 0 Å². The van der Waals surface area contributed by atoms with Crippen LogP contribution in [0.15, 0.2) is 28.7 Å². The van der Waals surface area contributed by atoms with Crippen LogP contribution in [-0.2, 0) is 5.54 Å². The van der Waals surface area contributed by atoms with E-state index in [0.29, 0.717) is 0 Å². The van der Waals surface area contributed by atoms with E-state index in [1.165, 1.54) is 24.8 Å². The fraction of sp³-hybridized carbons (Fsp3) is 0.538. The van der Waals surface area contributed by atoms with Crippen molar-refractivity contribution in [2.24, 2.45) is 0 Å². The monoisotopic (exact) mass is 267 g/mol. The third-order valence-corrected chi connectivity index (χ3v) is 3.76. The van der Waals surface area contributed by atoms with Crippen LogP contribution in [0.1, 0.15) is 38.7 Å². The number of halogens is 1. The van der Waals surface area contributed by atoms with Crippen molar-refractivity contribution in [1.29, 1.82) is 0 Å². The van der Waals surface area contributed by atoms with E-state index in [0.717, 1.165) is 10.5 Å². The van der Waals surface area contributed by atoms with Crippen molar-refractivity contribution in [3.63, 3.8) is 0 Å². The lowest BCUT2D eigenvalue weighted by Gasteiger charge is -2.37. The molecule has 0 aliphatic heterocycles. The molecule has 1 N–H and O–H groups in total. The Bertz CT molecular complexity index is 325. The van der Waals surface area contributed by atoms with Gasteiger partial charge in [0, 0.05) is 16.1 Å². The van der Waals surface area contributed by atoms with Crippen molar-refractivity contribution in [1.82, 2.24) is 5.32 Å². The van der Waals surface area contributed by atoms with Crippen molar-refractivity contribution in [2.75, 3.05) is 0 Å². The maximum absolute atomic E-state index is 3.71. The molecule has 0 aromatic heterocycles. The second kappa shape index (κ2) is 4.26. The predicted molar refractivity (Wildman–Crippen MR) is 67.9 cm³/mol. The summed E-state index contributed by atoms with van der Waals surface area (Å²) >= 11 is 3.47.